The maximum absolute atomic E-state index is 12.0. The summed E-state index contributed by atoms with van der Waals surface area (Å²) < 4.78 is 0. The molecule has 6 heteroatoms. The van der Waals surface area contributed by atoms with Gasteiger partial charge in [-0.1, -0.05) is 18.2 Å². The van der Waals surface area contributed by atoms with Gasteiger partial charge in [-0.25, -0.2) is 0 Å². The van der Waals surface area contributed by atoms with E-state index in [4.69, 9.17) is 0 Å². The average Bonchev–Trinajstić information content (AvgIpc) is 2.74. The SMILES string of the molecule is Cl.O=C(NCC(=O)N1CCCNCC1)c1ccccc1. The number of benzene rings is 1. The van der Waals surface area contributed by atoms with Crippen LogP contribution in [0.15, 0.2) is 30.3 Å². The first-order valence-corrected chi connectivity index (χ1v) is 6.59. The second-order valence-electron chi connectivity index (χ2n) is 4.53. The molecule has 0 atom stereocenters. The molecule has 2 amide bonds. The van der Waals surface area contributed by atoms with Gasteiger partial charge >= 0.3 is 0 Å². The fourth-order valence-corrected chi connectivity index (χ4v) is 2.05. The third kappa shape index (κ3) is 4.83. The van der Waals surface area contributed by atoms with Gasteiger partial charge in [0.15, 0.2) is 0 Å². The highest BCUT2D eigenvalue weighted by Crippen LogP contribution is 1.99. The van der Waals surface area contributed by atoms with Gasteiger partial charge in [0.05, 0.1) is 6.54 Å². The van der Waals surface area contributed by atoms with Gasteiger partial charge in [0.2, 0.25) is 5.91 Å². The second-order valence-corrected chi connectivity index (χ2v) is 4.53. The van der Waals surface area contributed by atoms with Crippen LogP contribution >= 0.6 is 12.4 Å². The van der Waals surface area contributed by atoms with Crippen molar-refractivity contribution >= 4 is 24.2 Å². The standard InChI is InChI=1S/C14H19N3O2.ClH/c18-13(17-9-4-7-15-8-10-17)11-16-14(19)12-5-2-1-3-6-12;/h1-3,5-6,15H,4,7-11H2,(H,16,19);1H. The summed E-state index contributed by atoms with van der Waals surface area (Å²) in [6, 6.07) is 8.92. The van der Waals surface area contributed by atoms with E-state index in [2.05, 4.69) is 10.6 Å². The maximum Gasteiger partial charge on any atom is 0.251 e. The molecule has 2 N–H and O–H groups in total. The van der Waals surface area contributed by atoms with Gasteiger partial charge in [-0.2, -0.15) is 0 Å². The minimum Gasteiger partial charge on any atom is -0.343 e. The van der Waals surface area contributed by atoms with Crippen LogP contribution < -0.4 is 10.6 Å². The first kappa shape index (κ1) is 16.5. The summed E-state index contributed by atoms with van der Waals surface area (Å²) in [5, 5.41) is 5.91. The molecule has 20 heavy (non-hydrogen) atoms. The van der Waals surface area contributed by atoms with Crippen molar-refractivity contribution in [3.8, 4) is 0 Å². The van der Waals surface area contributed by atoms with Crippen LogP contribution in [-0.4, -0.2) is 49.4 Å². The van der Waals surface area contributed by atoms with E-state index in [1.165, 1.54) is 0 Å². The van der Waals surface area contributed by atoms with Crippen molar-refractivity contribution in [3.05, 3.63) is 35.9 Å². The molecule has 1 aliphatic rings. The first-order chi connectivity index (χ1) is 9.27. The number of nitrogens with zero attached hydrogens (tertiary/aromatic N) is 1. The van der Waals surface area contributed by atoms with Crippen LogP contribution in [0.3, 0.4) is 0 Å². The Morgan fingerprint density at radius 3 is 2.65 bits per heavy atom. The predicted molar refractivity (Wildman–Crippen MR) is 80.1 cm³/mol. The van der Waals surface area contributed by atoms with Crippen LogP contribution in [0.5, 0.6) is 0 Å². The van der Waals surface area contributed by atoms with E-state index in [1.807, 2.05) is 6.07 Å². The molecular weight excluding hydrogens is 278 g/mol. The Balaban J connectivity index is 0.00000200. The van der Waals surface area contributed by atoms with Gasteiger partial charge in [-0.05, 0) is 25.1 Å². The molecule has 1 aromatic carbocycles. The maximum atomic E-state index is 12.0. The van der Waals surface area contributed by atoms with Crippen LogP contribution in [0.2, 0.25) is 0 Å². The van der Waals surface area contributed by atoms with Crippen LogP contribution in [-0.2, 0) is 4.79 Å². The summed E-state index contributed by atoms with van der Waals surface area (Å²) in [5.74, 6) is -0.227. The van der Waals surface area contributed by atoms with E-state index >= 15 is 0 Å². The number of hydrogen-bond acceptors (Lipinski definition) is 3. The molecule has 0 saturated carbocycles. The molecule has 1 fully saturated rings. The fraction of sp³-hybridized carbons (Fsp3) is 0.429. The third-order valence-corrected chi connectivity index (χ3v) is 3.13. The summed E-state index contributed by atoms with van der Waals surface area (Å²) in [7, 11) is 0. The molecule has 0 unspecified atom stereocenters. The molecule has 0 aliphatic carbocycles. The van der Waals surface area contributed by atoms with Gasteiger partial charge in [0.1, 0.15) is 0 Å². The normalized spacial score (nSPS) is 14.9. The molecule has 5 nitrogen and oxygen atoms in total. The van der Waals surface area contributed by atoms with Gasteiger partial charge in [-0.15, -0.1) is 12.4 Å². The van der Waals surface area contributed by atoms with Crippen LogP contribution in [0.25, 0.3) is 0 Å². The Hall–Kier alpha value is -1.59. The lowest BCUT2D eigenvalue weighted by molar-refractivity contribution is -0.129. The molecule has 0 spiro atoms. The highest BCUT2D eigenvalue weighted by atomic mass is 35.5. The third-order valence-electron chi connectivity index (χ3n) is 3.13. The number of rotatable bonds is 3. The zero-order valence-corrected chi connectivity index (χ0v) is 12.1. The van der Waals surface area contributed by atoms with E-state index in [-0.39, 0.29) is 30.8 Å². The van der Waals surface area contributed by atoms with Gasteiger partial charge in [0, 0.05) is 25.2 Å². The van der Waals surface area contributed by atoms with Gasteiger partial charge < -0.3 is 15.5 Å². The van der Waals surface area contributed by atoms with Crippen molar-refractivity contribution in [2.75, 3.05) is 32.7 Å². The number of carbonyl (C=O) groups excluding carboxylic acids is 2. The van der Waals surface area contributed by atoms with Gasteiger partial charge in [0.25, 0.3) is 5.91 Å². The Morgan fingerprint density at radius 2 is 1.90 bits per heavy atom. The number of halogens is 1. The van der Waals surface area contributed by atoms with Crippen molar-refractivity contribution < 1.29 is 9.59 Å². The Morgan fingerprint density at radius 1 is 1.15 bits per heavy atom. The van der Waals surface area contributed by atoms with Crippen molar-refractivity contribution in [1.82, 2.24) is 15.5 Å². The molecular formula is C14H20ClN3O2. The summed E-state index contributed by atoms with van der Waals surface area (Å²) >= 11 is 0. The molecule has 0 aromatic heterocycles. The smallest absolute Gasteiger partial charge is 0.251 e. The molecule has 2 rings (SSSR count). The quantitative estimate of drug-likeness (QED) is 0.862. The monoisotopic (exact) mass is 297 g/mol. The topological polar surface area (TPSA) is 61.4 Å². The Bertz CT molecular complexity index is 431. The highest BCUT2D eigenvalue weighted by Gasteiger charge is 2.16. The fourth-order valence-electron chi connectivity index (χ4n) is 2.05. The minimum absolute atomic E-state index is 0. The largest absolute Gasteiger partial charge is 0.343 e. The van der Waals surface area contributed by atoms with Gasteiger partial charge in [-0.3, -0.25) is 9.59 Å². The van der Waals surface area contributed by atoms with Crippen LogP contribution in [0.1, 0.15) is 16.8 Å². The van der Waals surface area contributed by atoms with E-state index in [9.17, 15) is 9.59 Å². The Kier molecular flexibility index (Phi) is 7.04. The zero-order valence-electron chi connectivity index (χ0n) is 11.3. The molecule has 0 radical (unpaired) electrons. The zero-order chi connectivity index (χ0) is 13.5. The van der Waals surface area contributed by atoms with E-state index in [0.717, 1.165) is 26.1 Å². The van der Waals surface area contributed by atoms with Crippen molar-refractivity contribution in [1.29, 1.82) is 0 Å². The van der Waals surface area contributed by atoms with E-state index in [0.29, 0.717) is 12.1 Å². The lowest BCUT2D eigenvalue weighted by Crippen LogP contribution is -2.41. The minimum atomic E-state index is -0.207. The Labute approximate surface area is 125 Å². The summed E-state index contributed by atoms with van der Waals surface area (Å²) in [6.45, 7) is 3.29. The molecule has 1 aromatic rings. The first-order valence-electron chi connectivity index (χ1n) is 6.59. The number of carbonyl (C=O) groups is 2. The highest BCUT2D eigenvalue weighted by molar-refractivity contribution is 5.96. The molecule has 110 valence electrons. The van der Waals surface area contributed by atoms with Crippen molar-refractivity contribution in [2.45, 2.75) is 6.42 Å². The van der Waals surface area contributed by atoms with Crippen LogP contribution in [0, 0.1) is 0 Å². The lowest BCUT2D eigenvalue weighted by atomic mass is 10.2. The van der Waals surface area contributed by atoms with E-state index < -0.39 is 0 Å². The summed E-state index contributed by atoms with van der Waals surface area (Å²) in [5.41, 5.74) is 0.577. The molecule has 1 aliphatic heterocycles. The molecule has 0 bridgehead atoms. The summed E-state index contributed by atoms with van der Waals surface area (Å²) in [6.07, 6.45) is 0.957. The predicted octanol–water partition coefficient (Wildman–Crippen LogP) is 0.660. The second kappa shape index (κ2) is 8.55. The van der Waals surface area contributed by atoms with Crippen molar-refractivity contribution in [3.63, 3.8) is 0 Å². The number of amides is 2. The van der Waals surface area contributed by atoms with E-state index in [1.54, 1.807) is 29.2 Å². The lowest BCUT2D eigenvalue weighted by Gasteiger charge is -2.20. The van der Waals surface area contributed by atoms with Crippen molar-refractivity contribution in [2.24, 2.45) is 0 Å². The number of hydrogen-bond donors (Lipinski definition) is 2. The molecule has 1 saturated heterocycles. The number of nitrogens with one attached hydrogen (secondary N) is 2. The average molecular weight is 298 g/mol. The molecule has 1 heterocycles. The van der Waals surface area contributed by atoms with Crippen LogP contribution in [0.4, 0.5) is 0 Å². The summed E-state index contributed by atoms with van der Waals surface area (Å²) in [4.78, 5) is 25.6.